The molecule has 0 spiro atoms. The predicted octanol–water partition coefficient (Wildman–Crippen LogP) is 2.50. The Bertz CT molecular complexity index is 956. The lowest BCUT2D eigenvalue weighted by Crippen LogP contribution is -2.34. The van der Waals surface area contributed by atoms with Crippen LogP contribution in [0.1, 0.15) is 12.0 Å². The molecule has 1 saturated heterocycles. The van der Waals surface area contributed by atoms with Gasteiger partial charge in [-0.05, 0) is 37.6 Å². The Morgan fingerprint density at radius 2 is 2.15 bits per heavy atom. The number of phenols is 1. The number of fused-ring (bicyclic) bond motifs is 1. The van der Waals surface area contributed by atoms with Crippen molar-refractivity contribution in [1.82, 2.24) is 24.8 Å². The molecule has 1 fully saturated rings. The monoisotopic (exact) mass is 372 g/mol. The molecule has 0 saturated carbocycles. The highest BCUT2D eigenvalue weighted by atomic mass is 35.5. The van der Waals surface area contributed by atoms with Crippen LogP contribution in [0.3, 0.4) is 0 Å². The number of imidazole rings is 1. The van der Waals surface area contributed by atoms with Crippen LogP contribution in [0.4, 0.5) is 5.82 Å². The van der Waals surface area contributed by atoms with Crippen molar-refractivity contribution < 1.29 is 5.11 Å². The molecule has 0 unspecified atom stereocenters. The van der Waals surface area contributed by atoms with Gasteiger partial charge < -0.3 is 19.9 Å². The number of nitrogens with one attached hydrogen (secondary N) is 1. The molecule has 0 bridgehead atoms. The van der Waals surface area contributed by atoms with Crippen LogP contribution < -0.4 is 10.2 Å². The number of hydrogen-bond donors (Lipinski definition) is 2. The second kappa shape index (κ2) is 6.41. The minimum Gasteiger partial charge on any atom is -0.507 e. The van der Waals surface area contributed by atoms with Gasteiger partial charge in [0.05, 0.1) is 11.8 Å². The molecular formula is C18H21ClN6O. The first-order chi connectivity index (χ1) is 12.5. The maximum Gasteiger partial charge on any atom is 0.200 e. The van der Waals surface area contributed by atoms with E-state index >= 15 is 0 Å². The second-order valence-corrected chi connectivity index (χ2v) is 7.18. The number of halogens is 1. The number of aryl methyl sites for hydroxylation is 2. The number of benzene rings is 1. The van der Waals surface area contributed by atoms with Crippen LogP contribution in [-0.2, 0) is 7.05 Å². The molecule has 2 N–H and O–H groups in total. The highest BCUT2D eigenvalue weighted by molar-refractivity contribution is 6.31. The maximum atomic E-state index is 10.4. The summed E-state index contributed by atoms with van der Waals surface area (Å²) in [6.07, 6.45) is 2.86. The number of anilines is 1. The van der Waals surface area contributed by atoms with Crippen LogP contribution in [0.2, 0.25) is 5.02 Å². The fraction of sp³-hybridized carbons (Fsp3) is 0.389. The predicted molar refractivity (Wildman–Crippen MR) is 103 cm³/mol. The lowest BCUT2D eigenvalue weighted by Gasteiger charge is -2.24. The van der Waals surface area contributed by atoms with E-state index in [1.807, 2.05) is 31.7 Å². The van der Waals surface area contributed by atoms with Gasteiger partial charge in [-0.25, -0.2) is 15.0 Å². The Morgan fingerprint density at radius 3 is 2.85 bits per heavy atom. The van der Waals surface area contributed by atoms with Crippen LogP contribution >= 0.6 is 11.6 Å². The summed E-state index contributed by atoms with van der Waals surface area (Å²) in [5.41, 5.74) is 2.73. The number of nitrogens with zero attached hydrogens (tertiary/aromatic N) is 5. The van der Waals surface area contributed by atoms with E-state index < -0.39 is 0 Å². The number of phenolic OH excluding ortho intramolecular Hbond substituents is 1. The summed E-state index contributed by atoms with van der Waals surface area (Å²) < 4.78 is 1.85. The number of rotatable bonds is 3. The summed E-state index contributed by atoms with van der Waals surface area (Å²) in [5, 5.41) is 14.2. The largest absolute Gasteiger partial charge is 0.507 e. The second-order valence-electron chi connectivity index (χ2n) is 6.74. The van der Waals surface area contributed by atoms with E-state index in [1.165, 1.54) is 6.07 Å². The first-order valence-electron chi connectivity index (χ1n) is 8.58. The highest BCUT2D eigenvalue weighted by Gasteiger charge is 2.22. The van der Waals surface area contributed by atoms with Gasteiger partial charge in [-0.1, -0.05) is 11.6 Å². The Kier molecular flexibility index (Phi) is 4.20. The van der Waals surface area contributed by atoms with Crippen molar-refractivity contribution in [2.24, 2.45) is 7.05 Å². The van der Waals surface area contributed by atoms with Gasteiger partial charge in [0, 0.05) is 31.7 Å². The number of aromatic nitrogens is 4. The first kappa shape index (κ1) is 17.1. The maximum absolute atomic E-state index is 10.4. The fourth-order valence-corrected chi connectivity index (χ4v) is 3.79. The third-order valence-corrected chi connectivity index (χ3v) is 5.23. The normalized spacial score (nSPS) is 17.2. The van der Waals surface area contributed by atoms with Crippen LogP contribution in [0.5, 0.6) is 5.75 Å². The van der Waals surface area contributed by atoms with Gasteiger partial charge in [-0.3, -0.25) is 0 Å². The third kappa shape index (κ3) is 2.77. The van der Waals surface area contributed by atoms with Crippen molar-refractivity contribution in [1.29, 1.82) is 0 Å². The van der Waals surface area contributed by atoms with Gasteiger partial charge in [0.1, 0.15) is 17.4 Å². The molecule has 26 heavy (non-hydrogen) atoms. The number of likely N-dealkylation sites (N-methyl/N-ethyl adjacent to an activating group) is 1. The molecular weight excluding hydrogens is 352 g/mol. The van der Waals surface area contributed by atoms with Crippen molar-refractivity contribution >= 4 is 28.7 Å². The average molecular weight is 373 g/mol. The molecule has 0 amide bonds. The molecule has 8 heteroatoms. The Morgan fingerprint density at radius 1 is 1.35 bits per heavy atom. The Balaban J connectivity index is 1.80. The number of aromatic hydroxyl groups is 1. The quantitative estimate of drug-likeness (QED) is 0.735. The van der Waals surface area contributed by atoms with E-state index in [9.17, 15) is 5.11 Å². The van der Waals surface area contributed by atoms with E-state index in [2.05, 4.69) is 20.2 Å². The fourth-order valence-electron chi connectivity index (χ4n) is 3.52. The van der Waals surface area contributed by atoms with E-state index in [0.29, 0.717) is 33.7 Å². The minimum atomic E-state index is 0.0998. The molecule has 4 rings (SSSR count). The van der Waals surface area contributed by atoms with Crippen LogP contribution in [-0.4, -0.2) is 50.8 Å². The highest BCUT2D eigenvalue weighted by Crippen LogP contribution is 2.35. The van der Waals surface area contributed by atoms with Crippen molar-refractivity contribution in [2.45, 2.75) is 19.4 Å². The SMILES string of the molecule is Cc1cc(Cl)cc(O)c1-c1nc2nc(N(C)[C@@H]3CCNC3)cnc2n1C. The molecule has 1 aliphatic rings. The van der Waals surface area contributed by atoms with Crippen LogP contribution in [0, 0.1) is 6.92 Å². The molecule has 7 nitrogen and oxygen atoms in total. The zero-order valence-electron chi connectivity index (χ0n) is 15.0. The minimum absolute atomic E-state index is 0.0998. The van der Waals surface area contributed by atoms with Gasteiger partial charge in [0.2, 0.25) is 0 Å². The van der Waals surface area contributed by atoms with Gasteiger partial charge >= 0.3 is 0 Å². The molecule has 3 aromatic rings. The van der Waals surface area contributed by atoms with Gasteiger partial charge in [0.15, 0.2) is 11.3 Å². The smallest absolute Gasteiger partial charge is 0.200 e. The summed E-state index contributed by atoms with van der Waals surface area (Å²) in [6, 6.07) is 3.74. The summed E-state index contributed by atoms with van der Waals surface area (Å²) in [5.74, 6) is 1.52. The summed E-state index contributed by atoms with van der Waals surface area (Å²) >= 11 is 6.02. The molecule has 136 valence electrons. The Hall–Kier alpha value is -2.38. The first-order valence-corrected chi connectivity index (χ1v) is 8.96. The van der Waals surface area contributed by atoms with Gasteiger partial charge in [-0.2, -0.15) is 0 Å². The summed E-state index contributed by atoms with van der Waals surface area (Å²) in [7, 11) is 3.91. The summed E-state index contributed by atoms with van der Waals surface area (Å²) in [4.78, 5) is 16.1. The van der Waals surface area contributed by atoms with Crippen LogP contribution in [0.15, 0.2) is 18.3 Å². The Labute approximate surface area is 156 Å². The van der Waals surface area contributed by atoms with E-state index in [1.54, 1.807) is 6.20 Å². The standard InChI is InChI=1S/C18H21ClN6O/c1-10-6-11(19)7-13(26)15(10)17-23-16-18(25(17)3)21-9-14(22-16)24(2)12-4-5-20-8-12/h6-7,9,12,20,26H,4-5,8H2,1-3H3/t12-/m1/s1. The van der Waals surface area contributed by atoms with E-state index in [-0.39, 0.29) is 5.75 Å². The molecule has 1 aliphatic heterocycles. The molecule has 0 aliphatic carbocycles. The third-order valence-electron chi connectivity index (χ3n) is 5.02. The van der Waals surface area contributed by atoms with Crippen molar-refractivity contribution in [3.8, 4) is 17.1 Å². The van der Waals surface area contributed by atoms with E-state index in [4.69, 9.17) is 16.6 Å². The zero-order chi connectivity index (χ0) is 18.4. The van der Waals surface area contributed by atoms with Crippen molar-refractivity contribution in [3.63, 3.8) is 0 Å². The lowest BCUT2D eigenvalue weighted by atomic mass is 10.1. The molecule has 3 heterocycles. The van der Waals surface area contributed by atoms with Gasteiger partial charge in [-0.15, -0.1) is 0 Å². The zero-order valence-corrected chi connectivity index (χ0v) is 15.7. The topological polar surface area (TPSA) is 79.1 Å². The summed E-state index contributed by atoms with van der Waals surface area (Å²) in [6.45, 7) is 3.86. The van der Waals surface area contributed by atoms with Gasteiger partial charge in [0.25, 0.3) is 0 Å². The van der Waals surface area contributed by atoms with Crippen molar-refractivity contribution in [2.75, 3.05) is 25.0 Å². The molecule has 1 aromatic carbocycles. The average Bonchev–Trinajstić information content (AvgIpc) is 3.22. The molecule has 1 atom stereocenters. The van der Waals surface area contributed by atoms with E-state index in [0.717, 1.165) is 30.9 Å². The molecule has 2 aromatic heterocycles. The number of hydrogen-bond acceptors (Lipinski definition) is 6. The van der Waals surface area contributed by atoms with Crippen LogP contribution in [0.25, 0.3) is 22.7 Å². The lowest BCUT2D eigenvalue weighted by molar-refractivity contribution is 0.476. The van der Waals surface area contributed by atoms with Crippen molar-refractivity contribution in [3.05, 3.63) is 28.9 Å². The molecule has 0 radical (unpaired) electrons.